The molecule has 0 N–H and O–H groups in total. The summed E-state index contributed by atoms with van der Waals surface area (Å²) in [6.07, 6.45) is 1.92. The van der Waals surface area contributed by atoms with E-state index in [1.165, 1.54) is 13.2 Å². The van der Waals surface area contributed by atoms with E-state index in [1.54, 1.807) is 13.1 Å². The molecule has 1 rings (SSSR count). The molecule has 1 atom stereocenters. The lowest BCUT2D eigenvalue weighted by atomic mass is 10.1. The number of methoxy groups -OCH3 is 1. The summed E-state index contributed by atoms with van der Waals surface area (Å²) in [4.78, 5) is 14.4. The third kappa shape index (κ3) is 3.43. The predicted octanol–water partition coefficient (Wildman–Crippen LogP) is 2.09. The van der Waals surface area contributed by atoms with Gasteiger partial charge in [0.05, 0.1) is 16.9 Å². The smallest absolute Gasteiger partial charge is 0.291 e. The third-order valence-electron chi connectivity index (χ3n) is 2.04. The Morgan fingerprint density at radius 2 is 2.38 bits per heavy atom. The Morgan fingerprint density at radius 1 is 1.69 bits per heavy atom. The molecule has 0 amide bonds. The van der Waals surface area contributed by atoms with Crippen LogP contribution in [0.1, 0.15) is 11.3 Å². The van der Waals surface area contributed by atoms with Crippen molar-refractivity contribution in [2.75, 3.05) is 13.7 Å². The van der Waals surface area contributed by atoms with Crippen LogP contribution in [0.5, 0.6) is 0 Å². The fourth-order valence-electron chi connectivity index (χ4n) is 1.35. The van der Waals surface area contributed by atoms with Crippen LogP contribution < -0.4 is 0 Å². The Bertz CT molecular complexity index is 384. The number of aromatic nitrogens is 1. The molecule has 1 heterocycles. The highest BCUT2D eigenvalue weighted by Crippen LogP contribution is 2.20. The van der Waals surface area contributed by atoms with Gasteiger partial charge in [0.1, 0.15) is 5.69 Å². The molecule has 1 aromatic rings. The predicted molar refractivity (Wildman–Crippen MR) is 60.8 cm³/mol. The monoisotopic (exact) mass is 244 g/mol. The van der Waals surface area contributed by atoms with Gasteiger partial charge in [-0.3, -0.25) is 15.1 Å². The normalized spacial score (nSPS) is 12.4. The van der Waals surface area contributed by atoms with Crippen molar-refractivity contribution < 1.29 is 9.66 Å². The molecule has 0 aromatic carbocycles. The van der Waals surface area contributed by atoms with Gasteiger partial charge in [-0.15, -0.1) is 11.6 Å². The first kappa shape index (κ1) is 12.9. The van der Waals surface area contributed by atoms with E-state index >= 15 is 0 Å². The van der Waals surface area contributed by atoms with Gasteiger partial charge in [0.25, 0.3) is 5.69 Å². The summed E-state index contributed by atoms with van der Waals surface area (Å²) in [6, 6.07) is 1.50. The standard InChI is InChI=1S/C10H13ClN2O3/c1-7-3-10(13(14)15)9(12-5-7)4-8(11)6-16-2/h3,5,8H,4,6H2,1-2H3. The Morgan fingerprint density at radius 3 is 2.94 bits per heavy atom. The lowest BCUT2D eigenvalue weighted by Gasteiger charge is -2.08. The number of aryl methyl sites for hydroxylation is 1. The summed E-state index contributed by atoms with van der Waals surface area (Å²) in [6.45, 7) is 2.10. The molecule has 6 heteroatoms. The minimum atomic E-state index is -0.439. The topological polar surface area (TPSA) is 65.3 Å². The number of ether oxygens (including phenoxy) is 1. The second-order valence-electron chi connectivity index (χ2n) is 3.49. The zero-order chi connectivity index (χ0) is 12.1. The summed E-state index contributed by atoms with van der Waals surface area (Å²) < 4.78 is 4.87. The van der Waals surface area contributed by atoms with Gasteiger partial charge in [0.15, 0.2) is 0 Å². The molecule has 0 spiro atoms. The van der Waals surface area contributed by atoms with Crippen molar-refractivity contribution in [2.45, 2.75) is 18.7 Å². The maximum absolute atomic E-state index is 10.8. The molecular formula is C10H13ClN2O3. The van der Waals surface area contributed by atoms with Crippen LogP contribution in [0.4, 0.5) is 5.69 Å². The summed E-state index contributed by atoms with van der Waals surface area (Å²) in [5, 5.41) is 10.5. The fourth-order valence-corrected chi connectivity index (χ4v) is 1.62. The molecule has 0 saturated heterocycles. The lowest BCUT2D eigenvalue weighted by molar-refractivity contribution is -0.386. The van der Waals surface area contributed by atoms with Gasteiger partial charge in [-0.2, -0.15) is 0 Å². The van der Waals surface area contributed by atoms with Gasteiger partial charge in [0, 0.05) is 25.8 Å². The van der Waals surface area contributed by atoms with E-state index in [9.17, 15) is 10.1 Å². The van der Waals surface area contributed by atoms with Crippen LogP contribution in [-0.4, -0.2) is 29.0 Å². The van der Waals surface area contributed by atoms with Crippen molar-refractivity contribution in [3.05, 3.63) is 33.6 Å². The molecule has 0 radical (unpaired) electrons. The van der Waals surface area contributed by atoms with Crippen LogP contribution in [0.25, 0.3) is 0 Å². The molecule has 16 heavy (non-hydrogen) atoms. The Balaban J connectivity index is 2.90. The number of hydrogen-bond donors (Lipinski definition) is 0. The van der Waals surface area contributed by atoms with Crippen LogP contribution in [0.2, 0.25) is 0 Å². The van der Waals surface area contributed by atoms with Gasteiger partial charge >= 0.3 is 0 Å². The minimum absolute atomic E-state index is 0.0155. The van der Waals surface area contributed by atoms with E-state index in [2.05, 4.69) is 4.98 Å². The second kappa shape index (κ2) is 5.77. The molecule has 88 valence electrons. The number of nitrogens with zero attached hydrogens (tertiary/aromatic N) is 2. The zero-order valence-electron chi connectivity index (χ0n) is 9.14. The Hall–Kier alpha value is -1.20. The highest BCUT2D eigenvalue weighted by atomic mass is 35.5. The van der Waals surface area contributed by atoms with Crippen molar-refractivity contribution >= 4 is 17.3 Å². The van der Waals surface area contributed by atoms with Crippen molar-refractivity contribution in [1.29, 1.82) is 0 Å². The van der Waals surface area contributed by atoms with Crippen LogP contribution >= 0.6 is 11.6 Å². The highest BCUT2D eigenvalue weighted by molar-refractivity contribution is 6.20. The molecule has 0 aliphatic carbocycles. The lowest BCUT2D eigenvalue weighted by Crippen LogP contribution is -2.13. The molecule has 0 aliphatic rings. The molecule has 1 aromatic heterocycles. The van der Waals surface area contributed by atoms with E-state index in [4.69, 9.17) is 16.3 Å². The highest BCUT2D eigenvalue weighted by Gasteiger charge is 2.18. The van der Waals surface area contributed by atoms with E-state index in [0.717, 1.165) is 5.56 Å². The first-order valence-electron chi connectivity index (χ1n) is 4.77. The van der Waals surface area contributed by atoms with Gasteiger partial charge in [-0.05, 0) is 12.5 Å². The van der Waals surface area contributed by atoms with Gasteiger partial charge in [-0.25, -0.2) is 0 Å². The molecule has 5 nitrogen and oxygen atoms in total. The molecule has 1 unspecified atom stereocenters. The second-order valence-corrected chi connectivity index (χ2v) is 4.11. The quantitative estimate of drug-likeness (QED) is 0.452. The maximum Gasteiger partial charge on any atom is 0.291 e. The zero-order valence-corrected chi connectivity index (χ0v) is 9.90. The third-order valence-corrected chi connectivity index (χ3v) is 2.32. The Labute approximate surface area is 98.5 Å². The number of hydrogen-bond acceptors (Lipinski definition) is 4. The van der Waals surface area contributed by atoms with Crippen molar-refractivity contribution in [3.63, 3.8) is 0 Å². The summed E-state index contributed by atoms with van der Waals surface area (Å²) >= 11 is 5.94. The summed E-state index contributed by atoms with van der Waals surface area (Å²) in [7, 11) is 1.53. The van der Waals surface area contributed by atoms with E-state index in [1.807, 2.05) is 0 Å². The van der Waals surface area contributed by atoms with E-state index < -0.39 is 4.92 Å². The van der Waals surface area contributed by atoms with Crippen molar-refractivity contribution in [3.8, 4) is 0 Å². The molecule has 0 saturated carbocycles. The van der Waals surface area contributed by atoms with E-state index in [0.29, 0.717) is 18.7 Å². The van der Waals surface area contributed by atoms with Crippen LogP contribution in [0, 0.1) is 17.0 Å². The molecule has 0 aliphatic heterocycles. The number of nitro groups is 1. The number of alkyl halides is 1. The Kier molecular flexibility index (Phi) is 4.64. The van der Waals surface area contributed by atoms with Gasteiger partial charge in [0.2, 0.25) is 0 Å². The average molecular weight is 245 g/mol. The van der Waals surface area contributed by atoms with Crippen molar-refractivity contribution in [1.82, 2.24) is 4.98 Å². The number of rotatable bonds is 5. The average Bonchev–Trinajstić information content (AvgIpc) is 2.20. The molecule has 0 fully saturated rings. The van der Waals surface area contributed by atoms with Gasteiger partial charge in [-0.1, -0.05) is 0 Å². The van der Waals surface area contributed by atoms with Crippen LogP contribution in [0.3, 0.4) is 0 Å². The molecular weight excluding hydrogens is 232 g/mol. The maximum atomic E-state index is 10.8. The number of pyridine rings is 1. The van der Waals surface area contributed by atoms with Gasteiger partial charge < -0.3 is 4.74 Å². The summed E-state index contributed by atoms with van der Waals surface area (Å²) in [5.74, 6) is 0. The minimum Gasteiger partial charge on any atom is -0.383 e. The first-order valence-corrected chi connectivity index (χ1v) is 5.21. The number of halogens is 1. The van der Waals surface area contributed by atoms with Crippen LogP contribution in [-0.2, 0) is 11.2 Å². The largest absolute Gasteiger partial charge is 0.383 e. The van der Waals surface area contributed by atoms with Crippen molar-refractivity contribution in [2.24, 2.45) is 0 Å². The molecule has 0 bridgehead atoms. The van der Waals surface area contributed by atoms with E-state index in [-0.39, 0.29) is 11.1 Å². The SMILES string of the molecule is COCC(Cl)Cc1ncc(C)cc1[N+](=O)[O-]. The first-order chi connectivity index (χ1) is 7.54. The fraction of sp³-hybridized carbons (Fsp3) is 0.500. The van der Waals surface area contributed by atoms with Crippen LogP contribution in [0.15, 0.2) is 12.3 Å². The summed E-state index contributed by atoms with van der Waals surface area (Å²) in [5.41, 5.74) is 1.17.